The summed E-state index contributed by atoms with van der Waals surface area (Å²) in [6, 6.07) is 5.93. The number of hydrogen-bond donors (Lipinski definition) is 1. The first-order valence-electron chi connectivity index (χ1n) is 11.8. The van der Waals surface area contributed by atoms with Crippen LogP contribution < -0.4 is 4.74 Å². The fourth-order valence-electron chi connectivity index (χ4n) is 4.98. The average molecular weight is 439 g/mol. The summed E-state index contributed by atoms with van der Waals surface area (Å²) in [4.78, 5) is 30.2. The number of carbonyl (C=O) groups excluding carboxylic acids is 2. The van der Waals surface area contributed by atoms with Crippen LogP contribution in [-0.2, 0) is 11.2 Å². The second-order valence-corrected chi connectivity index (χ2v) is 9.07. The number of H-pyrrole nitrogens is 1. The molecule has 0 radical (unpaired) electrons. The number of carbonyl (C=O) groups is 2. The molecule has 32 heavy (non-hydrogen) atoms. The first kappa shape index (κ1) is 22.4. The van der Waals surface area contributed by atoms with E-state index >= 15 is 0 Å². The number of nitrogens with zero attached hydrogens (tertiary/aromatic N) is 3. The van der Waals surface area contributed by atoms with E-state index in [0.29, 0.717) is 18.5 Å². The smallest absolute Gasteiger partial charge is 0.257 e. The molecule has 0 saturated carbocycles. The largest absolute Gasteiger partial charge is 0.496 e. The molecular formula is C25H34N4O3. The third-order valence-corrected chi connectivity index (χ3v) is 6.75. The number of methoxy groups -OCH3 is 1. The number of aromatic nitrogens is 2. The molecule has 1 atom stereocenters. The van der Waals surface area contributed by atoms with Gasteiger partial charge < -0.3 is 14.5 Å². The van der Waals surface area contributed by atoms with Gasteiger partial charge in [-0.15, -0.1) is 0 Å². The lowest BCUT2D eigenvalue weighted by Gasteiger charge is -2.33. The van der Waals surface area contributed by atoms with E-state index in [4.69, 9.17) is 4.74 Å². The molecule has 7 nitrogen and oxygen atoms in total. The molecule has 1 N–H and O–H groups in total. The first-order chi connectivity index (χ1) is 15.6. The molecule has 172 valence electrons. The lowest BCUT2D eigenvalue weighted by atomic mass is 9.91. The Balaban J connectivity index is 1.46. The SMILES string of the molecule is COc1ccc(C)cc1CC(=O)N1CCCC(c2[nH]ncc2C(=O)N2CCCCCC2)C1. The highest BCUT2D eigenvalue weighted by atomic mass is 16.5. The van der Waals surface area contributed by atoms with Crippen molar-refractivity contribution in [3.05, 3.63) is 46.8 Å². The number of rotatable bonds is 5. The summed E-state index contributed by atoms with van der Waals surface area (Å²) >= 11 is 0. The van der Waals surface area contributed by atoms with Crippen molar-refractivity contribution < 1.29 is 14.3 Å². The molecule has 1 unspecified atom stereocenters. The van der Waals surface area contributed by atoms with E-state index in [-0.39, 0.29) is 17.7 Å². The van der Waals surface area contributed by atoms with Gasteiger partial charge in [-0.05, 0) is 38.7 Å². The Morgan fingerprint density at radius 2 is 1.84 bits per heavy atom. The predicted octanol–water partition coefficient (Wildman–Crippen LogP) is 3.69. The van der Waals surface area contributed by atoms with Crippen molar-refractivity contribution in [2.45, 2.75) is 57.8 Å². The molecule has 0 bridgehead atoms. The molecule has 2 aromatic rings. The maximum atomic E-state index is 13.2. The molecule has 2 aliphatic heterocycles. The third kappa shape index (κ3) is 4.97. The zero-order chi connectivity index (χ0) is 22.5. The zero-order valence-electron chi connectivity index (χ0n) is 19.2. The van der Waals surface area contributed by atoms with E-state index in [1.165, 1.54) is 12.8 Å². The van der Waals surface area contributed by atoms with Gasteiger partial charge in [-0.1, -0.05) is 30.5 Å². The van der Waals surface area contributed by atoms with Gasteiger partial charge in [-0.3, -0.25) is 14.7 Å². The summed E-state index contributed by atoms with van der Waals surface area (Å²) in [5, 5.41) is 7.30. The molecule has 1 aromatic carbocycles. The van der Waals surface area contributed by atoms with Crippen molar-refractivity contribution >= 4 is 11.8 Å². The number of piperidine rings is 1. The third-order valence-electron chi connectivity index (χ3n) is 6.75. The van der Waals surface area contributed by atoms with Crippen molar-refractivity contribution in [3.63, 3.8) is 0 Å². The van der Waals surface area contributed by atoms with Gasteiger partial charge >= 0.3 is 0 Å². The van der Waals surface area contributed by atoms with E-state index in [1.54, 1.807) is 13.3 Å². The van der Waals surface area contributed by atoms with Gasteiger partial charge in [-0.25, -0.2) is 0 Å². The van der Waals surface area contributed by atoms with Gasteiger partial charge in [0.05, 0.1) is 31.0 Å². The maximum absolute atomic E-state index is 13.2. The van der Waals surface area contributed by atoms with Crippen molar-refractivity contribution in [1.29, 1.82) is 0 Å². The lowest BCUT2D eigenvalue weighted by Crippen LogP contribution is -2.40. The Bertz CT molecular complexity index is 946. The second-order valence-electron chi connectivity index (χ2n) is 9.07. The molecule has 3 heterocycles. The van der Waals surface area contributed by atoms with E-state index in [1.807, 2.05) is 34.9 Å². The Morgan fingerprint density at radius 1 is 1.09 bits per heavy atom. The van der Waals surface area contributed by atoms with Gasteiger partial charge in [0.2, 0.25) is 5.91 Å². The Labute approximate surface area is 190 Å². The number of amides is 2. The molecule has 0 aliphatic carbocycles. The van der Waals surface area contributed by atoms with Crippen LogP contribution in [0.25, 0.3) is 0 Å². The quantitative estimate of drug-likeness (QED) is 0.772. The van der Waals surface area contributed by atoms with Gasteiger partial charge in [0, 0.05) is 37.7 Å². The number of aryl methyl sites for hydroxylation is 1. The van der Waals surface area contributed by atoms with Gasteiger partial charge in [0.1, 0.15) is 5.75 Å². The summed E-state index contributed by atoms with van der Waals surface area (Å²) in [5.41, 5.74) is 3.58. The van der Waals surface area contributed by atoms with Gasteiger partial charge in [-0.2, -0.15) is 5.10 Å². The molecular weight excluding hydrogens is 404 g/mol. The Morgan fingerprint density at radius 3 is 2.59 bits per heavy atom. The highest BCUT2D eigenvalue weighted by molar-refractivity contribution is 5.95. The molecule has 0 spiro atoms. The number of benzene rings is 1. The molecule has 1 aromatic heterocycles. The van der Waals surface area contributed by atoms with Crippen LogP contribution in [0.3, 0.4) is 0 Å². The fraction of sp³-hybridized carbons (Fsp3) is 0.560. The summed E-state index contributed by atoms with van der Waals surface area (Å²) < 4.78 is 5.45. The highest BCUT2D eigenvalue weighted by Crippen LogP contribution is 2.30. The van der Waals surface area contributed by atoms with Crippen LogP contribution in [0.5, 0.6) is 5.75 Å². The highest BCUT2D eigenvalue weighted by Gasteiger charge is 2.30. The summed E-state index contributed by atoms with van der Waals surface area (Å²) in [7, 11) is 1.64. The van der Waals surface area contributed by atoms with Gasteiger partial charge in [0.15, 0.2) is 0 Å². The van der Waals surface area contributed by atoms with E-state index in [0.717, 1.165) is 67.9 Å². The molecule has 7 heteroatoms. The summed E-state index contributed by atoms with van der Waals surface area (Å²) in [6.45, 7) is 5.00. The topological polar surface area (TPSA) is 78.5 Å². The Kier molecular flexibility index (Phi) is 7.12. The second kappa shape index (κ2) is 10.2. The minimum Gasteiger partial charge on any atom is -0.496 e. The number of aromatic amines is 1. The van der Waals surface area contributed by atoms with E-state index in [9.17, 15) is 9.59 Å². The van der Waals surface area contributed by atoms with Crippen LogP contribution in [-0.4, -0.2) is 65.1 Å². The minimum absolute atomic E-state index is 0.0728. The summed E-state index contributed by atoms with van der Waals surface area (Å²) in [6.07, 6.45) is 8.35. The first-order valence-corrected chi connectivity index (χ1v) is 11.8. The van der Waals surface area contributed by atoms with Crippen molar-refractivity contribution in [3.8, 4) is 5.75 Å². The van der Waals surface area contributed by atoms with Crippen molar-refractivity contribution in [2.24, 2.45) is 0 Å². The van der Waals surface area contributed by atoms with Crippen LogP contribution in [0.15, 0.2) is 24.4 Å². The van der Waals surface area contributed by atoms with Crippen molar-refractivity contribution in [2.75, 3.05) is 33.3 Å². The van der Waals surface area contributed by atoms with E-state index < -0.39 is 0 Å². The van der Waals surface area contributed by atoms with Crippen LogP contribution in [0.2, 0.25) is 0 Å². The summed E-state index contributed by atoms with van der Waals surface area (Å²) in [5.74, 6) is 1.01. The van der Waals surface area contributed by atoms with Crippen molar-refractivity contribution in [1.82, 2.24) is 20.0 Å². The number of likely N-dealkylation sites (tertiary alicyclic amines) is 2. The van der Waals surface area contributed by atoms with Gasteiger partial charge in [0.25, 0.3) is 5.91 Å². The zero-order valence-corrected chi connectivity index (χ0v) is 19.2. The molecule has 2 fully saturated rings. The molecule has 2 amide bonds. The number of ether oxygens (including phenoxy) is 1. The normalized spacial score (nSPS) is 19.5. The van der Waals surface area contributed by atoms with Crippen LogP contribution in [0, 0.1) is 6.92 Å². The minimum atomic E-state index is 0.0728. The fourth-order valence-corrected chi connectivity index (χ4v) is 4.98. The van der Waals surface area contributed by atoms with Crippen LogP contribution in [0.1, 0.15) is 71.6 Å². The average Bonchev–Trinajstić information content (AvgIpc) is 3.14. The Hall–Kier alpha value is -2.83. The van der Waals surface area contributed by atoms with E-state index in [2.05, 4.69) is 10.2 Å². The maximum Gasteiger partial charge on any atom is 0.257 e. The molecule has 4 rings (SSSR count). The van der Waals surface area contributed by atoms with Crippen LogP contribution >= 0.6 is 0 Å². The monoisotopic (exact) mass is 438 g/mol. The standard InChI is InChI=1S/C25H34N4O3/c1-18-9-10-22(32-2)20(14-18)15-23(30)29-13-7-8-19(17-29)24-21(16-26-27-24)25(31)28-11-5-3-4-6-12-28/h9-10,14,16,19H,3-8,11-13,15,17H2,1-2H3,(H,26,27). The molecule has 2 saturated heterocycles. The lowest BCUT2D eigenvalue weighted by molar-refractivity contribution is -0.131. The number of hydrogen-bond acceptors (Lipinski definition) is 4. The predicted molar refractivity (Wildman–Crippen MR) is 123 cm³/mol. The number of nitrogens with one attached hydrogen (secondary N) is 1. The van der Waals surface area contributed by atoms with Crippen LogP contribution in [0.4, 0.5) is 0 Å². The molecule has 2 aliphatic rings.